The largest absolute Gasteiger partial charge is 0.310 e. The van der Waals surface area contributed by atoms with Gasteiger partial charge in [-0.25, -0.2) is 4.39 Å². The number of hydrogen-bond donors (Lipinski definition) is 1. The van der Waals surface area contributed by atoms with Crippen LogP contribution in [0.25, 0.3) is 0 Å². The molecule has 2 nitrogen and oxygen atoms in total. The predicted octanol–water partition coefficient (Wildman–Crippen LogP) is 3.99. The van der Waals surface area contributed by atoms with E-state index in [-0.39, 0.29) is 5.82 Å². The smallest absolute Gasteiger partial charge is 0.123 e. The first kappa shape index (κ1) is 16.4. The third kappa shape index (κ3) is 5.08. The Hall–Kier alpha value is -0.930. The fourth-order valence-electron chi connectivity index (χ4n) is 3.33. The first-order valence-corrected chi connectivity index (χ1v) is 8.44. The van der Waals surface area contributed by atoms with Gasteiger partial charge in [-0.2, -0.15) is 0 Å². The molecule has 1 aliphatic rings. The molecular weight excluding hydrogens is 263 g/mol. The summed E-state index contributed by atoms with van der Waals surface area (Å²) in [5.74, 6) is 0.720. The Kier molecular flexibility index (Phi) is 6.65. The van der Waals surface area contributed by atoms with Gasteiger partial charge in [-0.1, -0.05) is 32.4 Å². The minimum absolute atomic E-state index is 0.157. The number of likely N-dealkylation sites (tertiary alicyclic amines) is 1. The van der Waals surface area contributed by atoms with Crippen molar-refractivity contribution in [3.8, 4) is 0 Å². The highest BCUT2D eigenvalue weighted by Gasteiger charge is 2.19. The Labute approximate surface area is 128 Å². The summed E-state index contributed by atoms with van der Waals surface area (Å²) < 4.78 is 13.1. The van der Waals surface area contributed by atoms with E-state index < -0.39 is 0 Å². The molecule has 3 heteroatoms. The molecule has 1 aromatic carbocycles. The highest BCUT2D eigenvalue weighted by atomic mass is 19.1. The van der Waals surface area contributed by atoms with Crippen LogP contribution in [0.4, 0.5) is 4.39 Å². The molecule has 1 N–H and O–H groups in total. The maximum absolute atomic E-state index is 13.1. The van der Waals surface area contributed by atoms with Crippen molar-refractivity contribution in [3.05, 3.63) is 35.6 Å². The normalized spacial score (nSPS) is 21.4. The van der Waals surface area contributed by atoms with Crippen LogP contribution in [0.3, 0.4) is 0 Å². The van der Waals surface area contributed by atoms with Gasteiger partial charge >= 0.3 is 0 Å². The van der Waals surface area contributed by atoms with Crippen LogP contribution in [0.1, 0.15) is 51.1 Å². The van der Waals surface area contributed by atoms with Gasteiger partial charge in [0.15, 0.2) is 0 Å². The summed E-state index contributed by atoms with van der Waals surface area (Å²) in [7, 11) is 0. The van der Waals surface area contributed by atoms with E-state index in [0.717, 1.165) is 25.4 Å². The van der Waals surface area contributed by atoms with Crippen LogP contribution < -0.4 is 5.32 Å². The lowest BCUT2D eigenvalue weighted by Gasteiger charge is -2.33. The van der Waals surface area contributed by atoms with E-state index in [1.807, 2.05) is 12.1 Å². The van der Waals surface area contributed by atoms with Gasteiger partial charge < -0.3 is 10.2 Å². The second kappa shape index (κ2) is 8.50. The molecule has 1 saturated heterocycles. The SMILES string of the molecule is CCNC(CCN1CCCC(CC)C1)c1ccc(F)cc1. The van der Waals surface area contributed by atoms with Crippen LogP contribution in [0.2, 0.25) is 0 Å². The van der Waals surface area contributed by atoms with Crippen molar-refractivity contribution in [2.24, 2.45) is 5.92 Å². The highest BCUT2D eigenvalue weighted by molar-refractivity contribution is 5.19. The van der Waals surface area contributed by atoms with Gasteiger partial charge in [0.25, 0.3) is 0 Å². The molecule has 1 aromatic rings. The molecule has 2 atom stereocenters. The molecule has 0 spiro atoms. The van der Waals surface area contributed by atoms with E-state index >= 15 is 0 Å². The molecule has 1 fully saturated rings. The molecule has 1 heterocycles. The van der Waals surface area contributed by atoms with Gasteiger partial charge in [-0.05, 0) is 62.5 Å². The summed E-state index contributed by atoms with van der Waals surface area (Å²) in [5.41, 5.74) is 1.20. The van der Waals surface area contributed by atoms with Gasteiger partial charge in [0.2, 0.25) is 0 Å². The first-order chi connectivity index (χ1) is 10.2. The molecular formula is C18H29FN2. The number of hydrogen-bond acceptors (Lipinski definition) is 2. The zero-order valence-corrected chi connectivity index (χ0v) is 13.4. The summed E-state index contributed by atoms with van der Waals surface area (Å²) in [6.45, 7) is 8.99. The van der Waals surface area contributed by atoms with Crippen molar-refractivity contribution in [1.82, 2.24) is 10.2 Å². The van der Waals surface area contributed by atoms with E-state index in [1.165, 1.54) is 37.9 Å². The van der Waals surface area contributed by atoms with Crippen molar-refractivity contribution < 1.29 is 4.39 Å². The quantitative estimate of drug-likeness (QED) is 0.817. The average Bonchev–Trinajstić information content (AvgIpc) is 2.52. The molecule has 0 saturated carbocycles. The number of nitrogens with zero attached hydrogens (tertiary/aromatic N) is 1. The molecule has 0 radical (unpaired) electrons. The molecule has 118 valence electrons. The molecule has 21 heavy (non-hydrogen) atoms. The Bertz CT molecular complexity index is 404. The summed E-state index contributed by atoms with van der Waals surface area (Å²) in [5, 5.41) is 3.53. The van der Waals surface area contributed by atoms with Crippen molar-refractivity contribution in [3.63, 3.8) is 0 Å². The van der Waals surface area contributed by atoms with E-state index in [2.05, 4.69) is 24.1 Å². The lowest BCUT2D eigenvalue weighted by Crippen LogP contribution is -2.37. The Morgan fingerprint density at radius 3 is 2.71 bits per heavy atom. The third-order valence-corrected chi connectivity index (χ3v) is 4.64. The molecule has 0 aliphatic carbocycles. The van der Waals surface area contributed by atoms with Crippen molar-refractivity contribution in [1.29, 1.82) is 0 Å². The summed E-state index contributed by atoms with van der Waals surface area (Å²) in [4.78, 5) is 2.60. The average molecular weight is 292 g/mol. The fourth-order valence-corrected chi connectivity index (χ4v) is 3.33. The van der Waals surface area contributed by atoms with Gasteiger partial charge in [0.05, 0.1) is 0 Å². The van der Waals surface area contributed by atoms with Crippen molar-refractivity contribution in [2.45, 2.75) is 45.6 Å². The Morgan fingerprint density at radius 2 is 2.05 bits per heavy atom. The summed E-state index contributed by atoms with van der Waals surface area (Å²) in [6.07, 6.45) is 5.11. The number of rotatable bonds is 7. The minimum atomic E-state index is -0.157. The maximum atomic E-state index is 13.1. The standard InChI is InChI=1S/C18H29FN2/c1-3-15-6-5-12-21(14-15)13-11-18(20-4-2)16-7-9-17(19)10-8-16/h7-10,15,18,20H,3-6,11-14H2,1-2H3. The second-order valence-electron chi connectivity index (χ2n) is 6.17. The Morgan fingerprint density at radius 1 is 1.29 bits per heavy atom. The molecule has 0 amide bonds. The van der Waals surface area contributed by atoms with Crippen LogP contribution in [0.15, 0.2) is 24.3 Å². The summed E-state index contributed by atoms with van der Waals surface area (Å²) >= 11 is 0. The van der Waals surface area contributed by atoms with Crippen LogP contribution in [0.5, 0.6) is 0 Å². The minimum Gasteiger partial charge on any atom is -0.310 e. The molecule has 0 bridgehead atoms. The number of piperidine rings is 1. The molecule has 2 rings (SSSR count). The second-order valence-corrected chi connectivity index (χ2v) is 6.17. The monoisotopic (exact) mass is 292 g/mol. The van der Waals surface area contributed by atoms with Gasteiger partial charge in [0.1, 0.15) is 5.82 Å². The highest BCUT2D eigenvalue weighted by Crippen LogP contribution is 2.22. The topological polar surface area (TPSA) is 15.3 Å². The zero-order valence-electron chi connectivity index (χ0n) is 13.4. The van der Waals surface area contributed by atoms with Crippen molar-refractivity contribution >= 4 is 0 Å². The first-order valence-electron chi connectivity index (χ1n) is 8.44. The van der Waals surface area contributed by atoms with Gasteiger partial charge in [0, 0.05) is 12.6 Å². The van der Waals surface area contributed by atoms with Crippen LogP contribution in [0, 0.1) is 11.7 Å². The van der Waals surface area contributed by atoms with E-state index in [0.29, 0.717) is 6.04 Å². The Balaban J connectivity index is 1.89. The maximum Gasteiger partial charge on any atom is 0.123 e. The van der Waals surface area contributed by atoms with E-state index in [4.69, 9.17) is 0 Å². The van der Waals surface area contributed by atoms with Crippen LogP contribution in [-0.4, -0.2) is 31.1 Å². The van der Waals surface area contributed by atoms with E-state index in [1.54, 1.807) is 12.1 Å². The molecule has 0 aromatic heterocycles. The lowest BCUT2D eigenvalue weighted by atomic mass is 9.95. The third-order valence-electron chi connectivity index (χ3n) is 4.64. The zero-order chi connectivity index (χ0) is 15.1. The fraction of sp³-hybridized carbons (Fsp3) is 0.667. The number of benzene rings is 1. The number of nitrogens with one attached hydrogen (secondary N) is 1. The number of halogens is 1. The van der Waals surface area contributed by atoms with E-state index in [9.17, 15) is 4.39 Å². The predicted molar refractivity (Wildman–Crippen MR) is 86.9 cm³/mol. The molecule has 1 aliphatic heterocycles. The lowest BCUT2D eigenvalue weighted by molar-refractivity contribution is 0.165. The van der Waals surface area contributed by atoms with Gasteiger partial charge in [-0.3, -0.25) is 0 Å². The van der Waals surface area contributed by atoms with Crippen molar-refractivity contribution in [2.75, 3.05) is 26.2 Å². The molecule has 2 unspecified atom stereocenters. The van der Waals surface area contributed by atoms with Gasteiger partial charge in [-0.15, -0.1) is 0 Å². The summed E-state index contributed by atoms with van der Waals surface area (Å²) in [6, 6.07) is 7.28. The van der Waals surface area contributed by atoms with Crippen LogP contribution in [-0.2, 0) is 0 Å². The van der Waals surface area contributed by atoms with Crippen LogP contribution >= 0.6 is 0 Å².